The first-order chi connectivity index (χ1) is 6.75. The molecule has 0 fully saturated rings. The predicted molar refractivity (Wildman–Crippen MR) is 54.1 cm³/mol. The third-order valence-corrected chi connectivity index (χ3v) is 2.61. The van der Waals surface area contributed by atoms with Gasteiger partial charge in [-0.3, -0.25) is 4.79 Å². The minimum absolute atomic E-state index is 0.183. The second-order valence-corrected chi connectivity index (χ2v) is 3.73. The summed E-state index contributed by atoms with van der Waals surface area (Å²) >= 11 is 1.56. The molecule has 0 saturated heterocycles. The van der Waals surface area contributed by atoms with Gasteiger partial charge in [0, 0.05) is 12.3 Å². The van der Waals surface area contributed by atoms with Crippen LogP contribution in [0.2, 0.25) is 0 Å². The van der Waals surface area contributed by atoms with E-state index in [1.807, 2.05) is 16.8 Å². The monoisotopic (exact) mass is 209 g/mol. The van der Waals surface area contributed by atoms with E-state index >= 15 is 0 Å². The quantitative estimate of drug-likeness (QED) is 0.742. The van der Waals surface area contributed by atoms with Crippen LogP contribution in [0.15, 0.2) is 40.0 Å². The summed E-state index contributed by atoms with van der Waals surface area (Å²) in [5, 5.41) is 3.87. The van der Waals surface area contributed by atoms with E-state index in [1.54, 1.807) is 11.3 Å². The fourth-order valence-electron chi connectivity index (χ4n) is 1.21. The Hall–Kier alpha value is -1.42. The SMILES string of the molecule is O=c1ccc(F)cn1Cc1ccsc1. The molecule has 0 unspecified atom stereocenters. The molecule has 0 N–H and O–H groups in total. The Balaban J connectivity index is 2.33. The molecule has 0 aliphatic rings. The Morgan fingerprint density at radius 3 is 2.93 bits per heavy atom. The molecule has 0 spiro atoms. The van der Waals surface area contributed by atoms with E-state index in [-0.39, 0.29) is 11.4 Å². The lowest BCUT2D eigenvalue weighted by molar-refractivity contribution is 0.596. The number of pyridine rings is 1. The van der Waals surface area contributed by atoms with Crippen LogP contribution in [0.5, 0.6) is 0 Å². The average Bonchev–Trinajstić information content (AvgIpc) is 2.64. The van der Waals surface area contributed by atoms with Gasteiger partial charge in [0.2, 0.25) is 0 Å². The highest BCUT2D eigenvalue weighted by Gasteiger charge is 1.99. The van der Waals surface area contributed by atoms with Gasteiger partial charge < -0.3 is 4.57 Å². The zero-order valence-electron chi connectivity index (χ0n) is 7.31. The fraction of sp³-hybridized carbons (Fsp3) is 0.100. The van der Waals surface area contributed by atoms with Crippen molar-refractivity contribution >= 4 is 11.3 Å². The highest BCUT2D eigenvalue weighted by Crippen LogP contribution is 2.07. The van der Waals surface area contributed by atoms with Crippen LogP contribution in [0.4, 0.5) is 4.39 Å². The molecule has 0 atom stereocenters. The molecule has 2 rings (SSSR count). The Morgan fingerprint density at radius 2 is 2.21 bits per heavy atom. The van der Waals surface area contributed by atoms with Crippen LogP contribution in [-0.4, -0.2) is 4.57 Å². The van der Waals surface area contributed by atoms with Crippen LogP contribution in [-0.2, 0) is 6.54 Å². The van der Waals surface area contributed by atoms with Gasteiger partial charge >= 0.3 is 0 Å². The molecule has 0 aliphatic heterocycles. The van der Waals surface area contributed by atoms with Crippen LogP contribution in [0.3, 0.4) is 0 Å². The molecule has 0 aromatic carbocycles. The molecule has 4 heteroatoms. The zero-order valence-corrected chi connectivity index (χ0v) is 8.13. The van der Waals surface area contributed by atoms with Crippen molar-refractivity contribution in [1.82, 2.24) is 4.57 Å². The summed E-state index contributed by atoms with van der Waals surface area (Å²) in [6, 6.07) is 4.33. The Bertz CT molecular complexity index is 475. The van der Waals surface area contributed by atoms with E-state index in [1.165, 1.54) is 22.9 Å². The largest absolute Gasteiger partial charge is 0.308 e. The van der Waals surface area contributed by atoms with Crippen LogP contribution < -0.4 is 5.56 Å². The molecule has 72 valence electrons. The highest BCUT2D eigenvalue weighted by molar-refractivity contribution is 7.07. The van der Waals surface area contributed by atoms with Gasteiger partial charge in [0.25, 0.3) is 5.56 Å². The molecule has 2 aromatic heterocycles. The van der Waals surface area contributed by atoms with Crippen LogP contribution in [0.25, 0.3) is 0 Å². The van der Waals surface area contributed by atoms with Crippen molar-refractivity contribution in [3.63, 3.8) is 0 Å². The van der Waals surface area contributed by atoms with E-state index in [4.69, 9.17) is 0 Å². The first-order valence-electron chi connectivity index (χ1n) is 4.13. The molecule has 2 nitrogen and oxygen atoms in total. The maximum atomic E-state index is 12.8. The first-order valence-corrected chi connectivity index (χ1v) is 5.07. The van der Waals surface area contributed by atoms with Gasteiger partial charge in [-0.15, -0.1) is 0 Å². The van der Waals surface area contributed by atoms with Crippen LogP contribution >= 0.6 is 11.3 Å². The average molecular weight is 209 g/mol. The normalized spacial score (nSPS) is 10.4. The Labute approximate surface area is 84.3 Å². The summed E-state index contributed by atoms with van der Waals surface area (Å²) in [6.45, 7) is 0.431. The molecule has 0 radical (unpaired) electrons. The van der Waals surface area contributed by atoms with Crippen molar-refractivity contribution in [2.45, 2.75) is 6.54 Å². The molecule has 0 aliphatic carbocycles. The van der Waals surface area contributed by atoms with E-state index in [0.717, 1.165) is 5.56 Å². The summed E-state index contributed by atoms with van der Waals surface area (Å²) in [5.41, 5.74) is 0.834. The lowest BCUT2D eigenvalue weighted by Crippen LogP contribution is -2.19. The van der Waals surface area contributed by atoms with E-state index in [9.17, 15) is 9.18 Å². The molecule has 2 heterocycles. The van der Waals surface area contributed by atoms with Gasteiger partial charge in [0.05, 0.1) is 6.54 Å². The van der Waals surface area contributed by atoms with Crippen LogP contribution in [0, 0.1) is 5.82 Å². The number of halogens is 1. The summed E-state index contributed by atoms with van der Waals surface area (Å²) < 4.78 is 14.2. The first kappa shape index (κ1) is 9.15. The molecule has 2 aromatic rings. The number of hydrogen-bond donors (Lipinski definition) is 0. The summed E-state index contributed by atoms with van der Waals surface area (Å²) in [6.07, 6.45) is 1.22. The van der Waals surface area contributed by atoms with Crippen molar-refractivity contribution < 1.29 is 4.39 Å². The minimum atomic E-state index is -0.389. The minimum Gasteiger partial charge on any atom is -0.308 e. The van der Waals surface area contributed by atoms with Gasteiger partial charge in [0.15, 0.2) is 0 Å². The summed E-state index contributed by atoms with van der Waals surface area (Å²) in [7, 11) is 0. The van der Waals surface area contributed by atoms with Gasteiger partial charge in [-0.05, 0) is 28.5 Å². The fourth-order valence-corrected chi connectivity index (χ4v) is 1.86. The second-order valence-electron chi connectivity index (χ2n) is 2.95. The van der Waals surface area contributed by atoms with E-state index < -0.39 is 0 Å². The predicted octanol–water partition coefficient (Wildman–Crippen LogP) is 2.10. The number of aromatic nitrogens is 1. The topological polar surface area (TPSA) is 22.0 Å². The van der Waals surface area contributed by atoms with E-state index in [2.05, 4.69) is 0 Å². The number of rotatable bonds is 2. The maximum Gasteiger partial charge on any atom is 0.251 e. The van der Waals surface area contributed by atoms with Gasteiger partial charge in [0.1, 0.15) is 5.82 Å². The van der Waals surface area contributed by atoms with Gasteiger partial charge in [-0.2, -0.15) is 11.3 Å². The Kier molecular flexibility index (Phi) is 2.45. The van der Waals surface area contributed by atoms with Crippen molar-refractivity contribution in [3.05, 3.63) is 56.9 Å². The number of nitrogens with zero attached hydrogens (tertiary/aromatic N) is 1. The standard InChI is InChI=1S/C10H8FNOS/c11-9-1-2-10(13)12(6-9)5-8-3-4-14-7-8/h1-4,6-7H,5H2. The summed E-state index contributed by atoms with van der Waals surface area (Å²) in [5.74, 6) is -0.389. The zero-order chi connectivity index (χ0) is 9.97. The van der Waals surface area contributed by atoms with E-state index in [0.29, 0.717) is 6.54 Å². The molecular weight excluding hydrogens is 201 g/mol. The third kappa shape index (κ3) is 1.90. The van der Waals surface area contributed by atoms with Crippen molar-refractivity contribution in [2.24, 2.45) is 0 Å². The Morgan fingerprint density at radius 1 is 1.36 bits per heavy atom. The second kappa shape index (κ2) is 3.75. The van der Waals surface area contributed by atoms with Crippen molar-refractivity contribution in [1.29, 1.82) is 0 Å². The third-order valence-electron chi connectivity index (χ3n) is 1.88. The number of thiophene rings is 1. The van der Waals surface area contributed by atoms with Crippen LogP contribution in [0.1, 0.15) is 5.56 Å². The molecule has 0 bridgehead atoms. The molecule has 0 saturated carbocycles. The van der Waals surface area contributed by atoms with Crippen molar-refractivity contribution in [2.75, 3.05) is 0 Å². The number of hydrogen-bond acceptors (Lipinski definition) is 2. The molecule has 14 heavy (non-hydrogen) atoms. The van der Waals surface area contributed by atoms with Gasteiger partial charge in [-0.1, -0.05) is 0 Å². The molecular formula is C10H8FNOS. The highest BCUT2D eigenvalue weighted by atomic mass is 32.1. The van der Waals surface area contributed by atoms with Gasteiger partial charge in [-0.25, -0.2) is 4.39 Å². The summed E-state index contributed by atoms with van der Waals surface area (Å²) in [4.78, 5) is 11.3. The van der Waals surface area contributed by atoms with Crippen molar-refractivity contribution in [3.8, 4) is 0 Å². The maximum absolute atomic E-state index is 12.8. The smallest absolute Gasteiger partial charge is 0.251 e. The lowest BCUT2D eigenvalue weighted by atomic mass is 10.3. The lowest BCUT2D eigenvalue weighted by Gasteiger charge is -2.02. The molecule has 0 amide bonds.